The largest absolute Gasteiger partial charge is 1.00 e. The van der Waals surface area contributed by atoms with Crippen molar-refractivity contribution in [2.75, 3.05) is 0 Å². The Labute approximate surface area is 224 Å². The van der Waals surface area contributed by atoms with Crippen molar-refractivity contribution in [3.05, 3.63) is 0 Å². The molecule has 2 atom stereocenters. The SMILES string of the molecule is CCCCCCCCCCCCCCCCC(O)CC(CCCC)S(=O)(=O)[O-].[K+]. The summed E-state index contributed by atoms with van der Waals surface area (Å²) in [5, 5.41) is 9.15. The quantitative estimate of drug-likeness (QED) is 0.162. The number of aliphatic hydroxyl groups excluding tert-OH is 1. The van der Waals surface area contributed by atoms with Gasteiger partial charge in [-0.3, -0.25) is 0 Å². The van der Waals surface area contributed by atoms with E-state index in [9.17, 15) is 18.1 Å². The van der Waals surface area contributed by atoms with Gasteiger partial charge in [0.05, 0.1) is 21.5 Å². The summed E-state index contributed by atoms with van der Waals surface area (Å²) in [5.74, 6) is 0. The normalized spacial score (nSPS) is 13.8. The van der Waals surface area contributed by atoms with Crippen molar-refractivity contribution >= 4 is 10.1 Å². The minimum Gasteiger partial charge on any atom is -0.748 e. The zero-order valence-corrected chi connectivity index (χ0v) is 23.6. The predicted octanol–water partition coefficient (Wildman–Crippen LogP) is 3.72. The van der Waals surface area contributed by atoms with Crippen LogP contribution in [-0.2, 0) is 10.1 Å². The van der Waals surface area contributed by atoms with Gasteiger partial charge in [0.25, 0.3) is 0 Å². The van der Waals surface area contributed by atoms with Crippen molar-refractivity contribution in [1.82, 2.24) is 0 Å². The molecule has 0 bridgehead atoms. The number of aliphatic hydroxyl groups is 1. The van der Waals surface area contributed by atoms with Crippen molar-refractivity contribution < 1.29 is 69.5 Å². The number of hydrogen-bond acceptors (Lipinski definition) is 4. The fourth-order valence-electron chi connectivity index (χ4n) is 3.81. The zero-order valence-electron chi connectivity index (χ0n) is 19.7. The Balaban J connectivity index is 0. The van der Waals surface area contributed by atoms with Crippen molar-refractivity contribution in [1.29, 1.82) is 0 Å². The van der Waals surface area contributed by atoms with Crippen LogP contribution in [0.25, 0.3) is 0 Å². The summed E-state index contributed by atoms with van der Waals surface area (Å²) in [7, 11) is -4.30. The summed E-state index contributed by atoms with van der Waals surface area (Å²) >= 11 is 0. The second-order valence-electron chi connectivity index (χ2n) is 8.53. The first-order valence-electron chi connectivity index (χ1n) is 12.0. The smallest absolute Gasteiger partial charge is 0.748 e. The number of unbranched alkanes of at least 4 members (excludes halogenated alkanes) is 14. The Bertz CT molecular complexity index is 429. The maximum atomic E-state index is 11.3. The molecule has 0 aromatic rings. The maximum absolute atomic E-state index is 11.3. The third kappa shape index (κ3) is 22.5. The van der Waals surface area contributed by atoms with Crippen LogP contribution in [0.1, 0.15) is 136 Å². The number of rotatable bonds is 21. The molecule has 0 spiro atoms. The van der Waals surface area contributed by atoms with Crippen LogP contribution in [0.15, 0.2) is 0 Å². The van der Waals surface area contributed by atoms with Gasteiger partial charge in [-0.05, 0) is 19.3 Å². The first-order chi connectivity index (χ1) is 13.4. The summed E-state index contributed by atoms with van der Waals surface area (Å²) in [5.41, 5.74) is 0. The Morgan fingerprint density at radius 3 is 1.41 bits per heavy atom. The standard InChI is InChI=1S/C23H48O4S.K/c1-3-5-7-8-9-10-11-12-13-14-15-16-17-18-19-22(24)21-23(20-6-4-2)28(25,26)27;/h22-24H,3-21H2,1-2H3,(H,25,26,27);/q;+1/p-1. The minimum atomic E-state index is -4.30. The van der Waals surface area contributed by atoms with Gasteiger partial charge in [-0.1, -0.05) is 117 Å². The molecule has 0 rings (SSSR count). The summed E-state index contributed by atoms with van der Waals surface area (Å²) in [6.07, 6.45) is 20.1. The van der Waals surface area contributed by atoms with Gasteiger partial charge in [-0.2, -0.15) is 0 Å². The molecular formula is C23H47KO4S. The van der Waals surface area contributed by atoms with Crippen LogP contribution < -0.4 is 51.4 Å². The van der Waals surface area contributed by atoms with E-state index in [1.54, 1.807) is 0 Å². The molecule has 0 fully saturated rings. The zero-order chi connectivity index (χ0) is 21.1. The van der Waals surface area contributed by atoms with Gasteiger partial charge in [0, 0.05) is 0 Å². The molecule has 0 aromatic carbocycles. The van der Waals surface area contributed by atoms with Crippen LogP contribution in [0.4, 0.5) is 0 Å². The molecule has 0 aromatic heterocycles. The summed E-state index contributed by atoms with van der Waals surface area (Å²) in [6, 6.07) is 0. The molecule has 6 heteroatoms. The molecule has 0 aliphatic carbocycles. The van der Waals surface area contributed by atoms with Gasteiger partial charge >= 0.3 is 51.4 Å². The first-order valence-corrected chi connectivity index (χ1v) is 13.5. The molecule has 2 unspecified atom stereocenters. The van der Waals surface area contributed by atoms with E-state index in [4.69, 9.17) is 0 Å². The fraction of sp³-hybridized carbons (Fsp3) is 1.00. The molecule has 0 radical (unpaired) electrons. The first kappa shape index (κ1) is 32.7. The molecule has 0 aliphatic heterocycles. The average Bonchev–Trinajstić information content (AvgIpc) is 2.64. The van der Waals surface area contributed by atoms with Gasteiger partial charge in [-0.15, -0.1) is 0 Å². The topological polar surface area (TPSA) is 77.4 Å². The van der Waals surface area contributed by atoms with Crippen molar-refractivity contribution in [3.63, 3.8) is 0 Å². The van der Waals surface area contributed by atoms with Gasteiger partial charge in [-0.25, -0.2) is 8.42 Å². The van der Waals surface area contributed by atoms with Crippen molar-refractivity contribution in [2.24, 2.45) is 0 Å². The van der Waals surface area contributed by atoms with E-state index in [0.29, 0.717) is 12.8 Å². The Kier molecular flexibility index (Phi) is 25.6. The molecular weight excluding hydrogens is 411 g/mol. The van der Waals surface area contributed by atoms with Gasteiger partial charge < -0.3 is 9.66 Å². The van der Waals surface area contributed by atoms with E-state index in [-0.39, 0.29) is 57.8 Å². The summed E-state index contributed by atoms with van der Waals surface area (Å²) in [4.78, 5) is 0. The van der Waals surface area contributed by atoms with Crippen molar-refractivity contribution in [3.8, 4) is 0 Å². The predicted molar refractivity (Wildman–Crippen MR) is 119 cm³/mol. The van der Waals surface area contributed by atoms with Crippen LogP contribution in [0.3, 0.4) is 0 Å². The van der Waals surface area contributed by atoms with E-state index in [0.717, 1.165) is 25.7 Å². The van der Waals surface area contributed by atoms with Crippen LogP contribution in [0.5, 0.6) is 0 Å². The summed E-state index contributed by atoms with van der Waals surface area (Å²) in [6.45, 7) is 4.23. The van der Waals surface area contributed by atoms with Crippen molar-refractivity contribution in [2.45, 2.75) is 147 Å². The summed E-state index contributed by atoms with van der Waals surface area (Å²) < 4.78 is 33.9. The fourth-order valence-corrected chi connectivity index (χ4v) is 4.72. The molecule has 0 amide bonds. The molecule has 1 N–H and O–H groups in total. The number of hydrogen-bond donors (Lipinski definition) is 1. The molecule has 29 heavy (non-hydrogen) atoms. The van der Waals surface area contributed by atoms with E-state index >= 15 is 0 Å². The minimum absolute atomic E-state index is 0. The van der Waals surface area contributed by atoms with Crippen LogP contribution in [0.2, 0.25) is 0 Å². The Morgan fingerprint density at radius 1 is 0.655 bits per heavy atom. The molecule has 0 heterocycles. The Morgan fingerprint density at radius 2 is 1.03 bits per heavy atom. The third-order valence-electron chi connectivity index (χ3n) is 5.71. The van der Waals surface area contributed by atoms with E-state index in [2.05, 4.69) is 6.92 Å². The maximum Gasteiger partial charge on any atom is 1.00 e. The van der Waals surface area contributed by atoms with E-state index in [1.807, 2.05) is 6.92 Å². The average molecular weight is 459 g/mol. The molecule has 0 saturated heterocycles. The van der Waals surface area contributed by atoms with E-state index < -0.39 is 21.5 Å². The second kappa shape index (κ2) is 22.7. The van der Waals surface area contributed by atoms with Crippen LogP contribution >= 0.6 is 0 Å². The van der Waals surface area contributed by atoms with Gasteiger partial charge in [0.2, 0.25) is 0 Å². The monoisotopic (exact) mass is 458 g/mol. The second-order valence-corrected chi connectivity index (χ2v) is 10.2. The van der Waals surface area contributed by atoms with Gasteiger partial charge in [0.1, 0.15) is 0 Å². The Hall–Kier alpha value is 1.51. The van der Waals surface area contributed by atoms with Crippen LogP contribution in [0, 0.1) is 0 Å². The van der Waals surface area contributed by atoms with Crippen LogP contribution in [-0.4, -0.2) is 29.4 Å². The van der Waals surface area contributed by atoms with E-state index in [1.165, 1.54) is 77.0 Å². The molecule has 0 saturated carbocycles. The third-order valence-corrected chi connectivity index (χ3v) is 6.96. The molecule has 0 aliphatic rings. The van der Waals surface area contributed by atoms with Gasteiger partial charge in [0.15, 0.2) is 0 Å². The molecule has 170 valence electrons. The molecule has 4 nitrogen and oxygen atoms in total.